The van der Waals surface area contributed by atoms with Crippen LogP contribution < -0.4 is 15.8 Å². The van der Waals surface area contributed by atoms with E-state index >= 15 is 0 Å². The zero-order valence-electron chi connectivity index (χ0n) is 9.25. The third-order valence-electron chi connectivity index (χ3n) is 2.58. The predicted octanol–water partition coefficient (Wildman–Crippen LogP) is 1.75. The van der Waals surface area contributed by atoms with Gasteiger partial charge in [-0.05, 0) is 12.5 Å². The van der Waals surface area contributed by atoms with Gasteiger partial charge in [-0.2, -0.15) is 0 Å². The maximum atomic E-state index is 12.9. The van der Waals surface area contributed by atoms with Crippen molar-refractivity contribution >= 4 is 0 Å². The Hall–Kier alpha value is -1.78. The molecule has 1 heterocycles. The fourth-order valence-corrected chi connectivity index (χ4v) is 1.75. The first-order valence-corrected chi connectivity index (χ1v) is 5.43. The highest BCUT2D eigenvalue weighted by atomic mass is 19.1. The van der Waals surface area contributed by atoms with Crippen LogP contribution in [0.3, 0.4) is 0 Å². The van der Waals surface area contributed by atoms with Gasteiger partial charge in [-0.15, -0.1) is 0 Å². The number of benzene rings is 1. The highest BCUT2D eigenvalue weighted by Gasteiger charge is 2.12. The third kappa shape index (κ3) is 3.34. The minimum atomic E-state index is -0.633. The van der Waals surface area contributed by atoms with Gasteiger partial charge in [-0.3, -0.25) is 0 Å². The number of rotatable bonds is 4. The van der Waals surface area contributed by atoms with Gasteiger partial charge >= 0.3 is 0 Å². The lowest BCUT2D eigenvalue weighted by Gasteiger charge is -2.09. The zero-order chi connectivity index (χ0) is 12.3. The average Bonchev–Trinajstić information content (AvgIpc) is 2.63. The molecule has 0 saturated heterocycles. The smallest absolute Gasteiger partial charge is 0.129 e. The molecule has 0 amide bonds. The van der Waals surface area contributed by atoms with E-state index in [-0.39, 0.29) is 5.75 Å². The summed E-state index contributed by atoms with van der Waals surface area (Å²) >= 11 is 0. The van der Waals surface area contributed by atoms with Gasteiger partial charge in [0, 0.05) is 30.7 Å². The molecule has 0 bridgehead atoms. The molecule has 1 aromatic carbocycles. The highest BCUT2D eigenvalue weighted by molar-refractivity contribution is 5.23. The van der Waals surface area contributed by atoms with Crippen molar-refractivity contribution in [3.8, 4) is 5.75 Å². The molecular formula is C12H14F2N2O. The largest absolute Gasteiger partial charge is 0.493 e. The fourth-order valence-electron chi connectivity index (χ4n) is 1.75. The average molecular weight is 240 g/mol. The van der Waals surface area contributed by atoms with Gasteiger partial charge in [-0.1, -0.05) is 0 Å². The second-order valence-electron chi connectivity index (χ2n) is 4.01. The Morgan fingerprint density at radius 3 is 2.59 bits per heavy atom. The van der Waals surface area contributed by atoms with Gasteiger partial charge in [0.1, 0.15) is 17.4 Å². The number of hydrogen-bond acceptors (Lipinski definition) is 3. The lowest BCUT2D eigenvalue weighted by molar-refractivity contribution is 0.291. The van der Waals surface area contributed by atoms with Gasteiger partial charge in [-0.25, -0.2) is 8.78 Å². The molecule has 0 fully saturated rings. The predicted molar refractivity (Wildman–Crippen MR) is 60.2 cm³/mol. The second kappa shape index (κ2) is 5.03. The van der Waals surface area contributed by atoms with E-state index in [4.69, 9.17) is 10.5 Å². The van der Waals surface area contributed by atoms with Crippen LogP contribution in [0.1, 0.15) is 6.42 Å². The van der Waals surface area contributed by atoms with Gasteiger partial charge in [0.05, 0.1) is 12.4 Å². The van der Waals surface area contributed by atoms with Gasteiger partial charge in [0.25, 0.3) is 0 Å². The molecule has 0 unspecified atom stereocenters. The molecule has 0 spiro atoms. The second-order valence-corrected chi connectivity index (χ2v) is 4.01. The molecule has 5 heteroatoms. The van der Waals surface area contributed by atoms with Crippen molar-refractivity contribution in [2.75, 3.05) is 13.2 Å². The molecule has 0 aliphatic carbocycles. The lowest BCUT2D eigenvalue weighted by atomic mass is 10.1. The van der Waals surface area contributed by atoms with Crippen molar-refractivity contribution in [2.45, 2.75) is 6.42 Å². The molecule has 2 rings (SSSR count). The summed E-state index contributed by atoms with van der Waals surface area (Å²) in [5.41, 5.74) is 5.56. The minimum absolute atomic E-state index is 0.213. The molecule has 1 aromatic rings. The van der Waals surface area contributed by atoms with Crippen molar-refractivity contribution in [3.63, 3.8) is 0 Å². The Morgan fingerprint density at radius 2 is 2.00 bits per heavy atom. The summed E-state index contributed by atoms with van der Waals surface area (Å²) in [6.07, 6.45) is 2.68. The molecule has 0 radical (unpaired) electrons. The van der Waals surface area contributed by atoms with Crippen molar-refractivity contribution < 1.29 is 13.5 Å². The van der Waals surface area contributed by atoms with E-state index in [0.717, 1.165) is 19.0 Å². The Labute approximate surface area is 98.3 Å². The number of nitrogens with two attached hydrogens (primary N) is 1. The van der Waals surface area contributed by atoms with Crippen molar-refractivity contribution in [1.82, 2.24) is 5.32 Å². The molecule has 0 aromatic heterocycles. The van der Waals surface area contributed by atoms with E-state index in [1.807, 2.05) is 6.08 Å². The van der Waals surface area contributed by atoms with Crippen molar-refractivity contribution in [3.05, 3.63) is 41.7 Å². The van der Waals surface area contributed by atoms with Gasteiger partial charge < -0.3 is 15.8 Å². The molecular weight excluding hydrogens is 226 g/mol. The number of hydrogen-bond donors (Lipinski definition) is 2. The Bertz CT molecular complexity index is 414. The van der Waals surface area contributed by atoms with E-state index in [1.165, 1.54) is 12.1 Å². The van der Waals surface area contributed by atoms with Crippen LogP contribution in [-0.2, 0) is 0 Å². The van der Waals surface area contributed by atoms with Crippen LogP contribution >= 0.6 is 0 Å². The summed E-state index contributed by atoms with van der Waals surface area (Å²) in [5.74, 6) is -0.0658. The van der Waals surface area contributed by atoms with Crippen LogP contribution in [0, 0.1) is 17.6 Å². The van der Waals surface area contributed by atoms with E-state index < -0.39 is 11.6 Å². The Kier molecular flexibility index (Phi) is 3.46. The molecule has 1 atom stereocenters. The molecule has 0 saturated carbocycles. The lowest BCUT2D eigenvalue weighted by Crippen LogP contribution is -2.17. The van der Waals surface area contributed by atoms with Crippen LogP contribution in [-0.4, -0.2) is 13.2 Å². The molecule has 92 valence electrons. The fraction of sp³-hybridized carbons (Fsp3) is 0.333. The summed E-state index contributed by atoms with van der Waals surface area (Å²) in [6, 6.07) is 3.15. The first-order valence-electron chi connectivity index (χ1n) is 5.43. The van der Waals surface area contributed by atoms with Crippen LogP contribution in [0.2, 0.25) is 0 Å². The minimum Gasteiger partial charge on any atom is -0.493 e. The quantitative estimate of drug-likeness (QED) is 0.843. The maximum Gasteiger partial charge on any atom is 0.129 e. The standard InChI is InChI=1S/C12H14F2N2O/c13-9-4-10(14)6-11(5-9)17-2-1-8-3-12(15)16-7-8/h3-6,8,16H,1-2,7,15H2/t8-/m0/s1. The van der Waals surface area contributed by atoms with Crippen LogP contribution in [0.4, 0.5) is 8.78 Å². The summed E-state index contributed by atoms with van der Waals surface area (Å²) in [6.45, 7) is 1.19. The topological polar surface area (TPSA) is 47.3 Å². The zero-order valence-corrected chi connectivity index (χ0v) is 9.25. The SMILES string of the molecule is NC1=C[C@H](CCOc2cc(F)cc(F)c2)CN1. The number of halogens is 2. The monoisotopic (exact) mass is 240 g/mol. The van der Waals surface area contributed by atoms with Gasteiger partial charge in [0.15, 0.2) is 0 Å². The van der Waals surface area contributed by atoms with E-state index in [1.54, 1.807) is 0 Å². The normalized spacial score (nSPS) is 18.7. The number of nitrogens with one attached hydrogen (secondary N) is 1. The van der Waals surface area contributed by atoms with Crippen LogP contribution in [0.25, 0.3) is 0 Å². The summed E-state index contributed by atoms with van der Waals surface area (Å²) in [4.78, 5) is 0. The Morgan fingerprint density at radius 1 is 1.29 bits per heavy atom. The summed E-state index contributed by atoms with van der Waals surface area (Å²) < 4.78 is 31.0. The first-order chi connectivity index (χ1) is 8.13. The molecule has 3 nitrogen and oxygen atoms in total. The van der Waals surface area contributed by atoms with E-state index in [0.29, 0.717) is 18.3 Å². The first kappa shape index (κ1) is 11.7. The maximum absolute atomic E-state index is 12.9. The highest BCUT2D eigenvalue weighted by Crippen LogP contribution is 2.17. The van der Waals surface area contributed by atoms with E-state index in [9.17, 15) is 8.78 Å². The van der Waals surface area contributed by atoms with Crippen LogP contribution in [0.5, 0.6) is 5.75 Å². The van der Waals surface area contributed by atoms with E-state index in [2.05, 4.69) is 5.32 Å². The number of ether oxygens (including phenoxy) is 1. The molecule has 3 N–H and O–H groups in total. The van der Waals surface area contributed by atoms with Crippen molar-refractivity contribution in [2.24, 2.45) is 11.7 Å². The molecule has 1 aliphatic rings. The summed E-state index contributed by atoms with van der Waals surface area (Å²) in [5, 5.41) is 3.00. The van der Waals surface area contributed by atoms with Crippen LogP contribution in [0.15, 0.2) is 30.1 Å². The Balaban J connectivity index is 1.82. The molecule has 17 heavy (non-hydrogen) atoms. The summed E-state index contributed by atoms with van der Waals surface area (Å²) in [7, 11) is 0. The molecule has 1 aliphatic heterocycles. The third-order valence-corrected chi connectivity index (χ3v) is 2.58. The van der Waals surface area contributed by atoms with Gasteiger partial charge in [0.2, 0.25) is 0 Å². The van der Waals surface area contributed by atoms with Crippen molar-refractivity contribution in [1.29, 1.82) is 0 Å².